The number of amides is 2. The summed E-state index contributed by atoms with van der Waals surface area (Å²) in [7, 11) is -4.25. The highest BCUT2D eigenvalue weighted by atomic mass is 31.2. The fourth-order valence-electron chi connectivity index (χ4n) is 4.62. The van der Waals surface area contributed by atoms with Gasteiger partial charge in [-0.05, 0) is 62.2 Å². The second kappa shape index (κ2) is 10.6. The van der Waals surface area contributed by atoms with Crippen molar-refractivity contribution in [2.24, 2.45) is 0 Å². The Morgan fingerprint density at radius 1 is 1.16 bits per heavy atom. The molecule has 12 nitrogen and oxygen atoms in total. The lowest BCUT2D eigenvalue weighted by Crippen LogP contribution is -2.56. The molecule has 1 fully saturated rings. The van der Waals surface area contributed by atoms with E-state index in [1.54, 1.807) is 13.1 Å². The first-order valence-corrected chi connectivity index (χ1v) is 13.2. The normalized spacial score (nSPS) is 20.5. The molecule has 14 heteroatoms. The van der Waals surface area contributed by atoms with Crippen molar-refractivity contribution in [2.45, 2.75) is 37.3 Å². The molecule has 2 aromatic carbocycles. The minimum absolute atomic E-state index is 0.0233. The quantitative estimate of drug-likeness (QED) is 0.203. The highest BCUT2D eigenvalue weighted by Crippen LogP contribution is 2.33. The molecule has 0 aromatic heterocycles. The molecule has 1 saturated heterocycles. The number of rotatable bonds is 7. The first-order valence-electron chi connectivity index (χ1n) is 11.6. The fraction of sp³-hybridized carbons (Fsp3) is 0.348. The monoisotopic (exact) mass is 531 g/mol. The fourth-order valence-corrected chi connectivity index (χ4v) is 5.16. The van der Waals surface area contributed by atoms with Crippen LogP contribution >= 0.6 is 7.60 Å². The average molecular weight is 531 g/mol. The Morgan fingerprint density at radius 3 is 2.46 bits per heavy atom. The average Bonchev–Trinajstić information content (AvgIpc) is 3.27. The Balaban J connectivity index is 1.58. The van der Waals surface area contributed by atoms with E-state index < -0.39 is 44.6 Å². The van der Waals surface area contributed by atoms with E-state index in [0.717, 1.165) is 13.0 Å². The Morgan fingerprint density at radius 2 is 1.86 bits per heavy atom. The predicted molar refractivity (Wildman–Crippen MR) is 132 cm³/mol. The maximum Gasteiger partial charge on any atom is 0.547 e. The first-order chi connectivity index (χ1) is 17.5. The largest absolute Gasteiger partial charge is 0.547 e. The van der Waals surface area contributed by atoms with Gasteiger partial charge in [-0.2, -0.15) is 0 Å². The summed E-state index contributed by atoms with van der Waals surface area (Å²) in [5.41, 5.74) is 0.649. The van der Waals surface area contributed by atoms with E-state index in [9.17, 15) is 38.9 Å². The minimum Gasteiger partial charge on any atom is -0.534 e. The van der Waals surface area contributed by atoms with Crippen LogP contribution in [0.5, 0.6) is 5.75 Å². The smallest absolute Gasteiger partial charge is 0.534 e. The van der Waals surface area contributed by atoms with Crippen LogP contribution in [0.3, 0.4) is 0 Å². The van der Waals surface area contributed by atoms with Crippen molar-refractivity contribution in [1.29, 1.82) is 0 Å². The molecular weight excluding hydrogens is 504 g/mol. The van der Waals surface area contributed by atoms with Gasteiger partial charge in [0.25, 0.3) is 0 Å². The molecule has 0 radical (unpaired) electrons. The predicted octanol–water partition coefficient (Wildman–Crippen LogP) is -0.421. The molecule has 4 rings (SSSR count). The number of carboxylic acid groups (broad SMARTS) is 1. The molecule has 0 bridgehead atoms. The second-order valence-corrected chi connectivity index (χ2v) is 10.7. The lowest BCUT2D eigenvalue weighted by molar-refractivity contribution is -0.131. The van der Waals surface area contributed by atoms with Gasteiger partial charge in [0.15, 0.2) is 0 Å². The van der Waals surface area contributed by atoms with Crippen molar-refractivity contribution in [3.05, 3.63) is 59.2 Å². The molecular formula is C23H27BN3O9P. The summed E-state index contributed by atoms with van der Waals surface area (Å²) >= 11 is 0. The van der Waals surface area contributed by atoms with Crippen molar-refractivity contribution in [2.75, 3.05) is 13.6 Å². The Labute approximate surface area is 212 Å². The SMILES string of the molecule is CN1CCC[C@@H]1C(=O)N[C@@H](C(=O)N[C@H]1Cc2cccc(C(=O)O)c2OB1O)c1ccc(P(=O)(O)O)cc1. The van der Waals surface area contributed by atoms with Crippen molar-refractivity contribution in [1.82, 2.24) is 15.5 Å². The van der Waals surface area contributed by atoms with E-state index in [2.05, 4.69) is 10.6 Å². The number of nitrogens with zero attached hydrogens (tertiary/aromatic N) is 1. The lowest BCUT2D eigenvalue weighted by Gasteiger charge is -2.30. The molecule has 37 heavy (non-hydrogen) atoms. The van der Waals surface area contributed by atoms with E-state index in [1.165, 1.54) is 36.4 Å². The van der Waals surface area contributed by atoms with Gasteiger partial charge in [-0.15, -0.1) is 0 Å². The number of hydrogen-bond acceptors (Lipinski definition) is 7. The number of aromatic carboxylic acids is 1. The van der Waals surface area contributed by atoms with Gasteiger partial charge in [0.2, 0.25) is 11.8 Å². The van der Waals surface area contributed by atoms with Gasteiger partial charge in [-0.25, -0.2) is 4.79 Å². The molecule has 0 aliphatic carbocycles. The van der Waals surface area contributed by atoms with E-state index in [1.807, 2.05) is 4.90 Å². The van der Waals surface area contributed by atoms with Crippen molar-refractivity contribution in [3.63, 3.8) is 0 Å². The summed E-state index contributed by atoms with van der Waals surface area (Å²) in [5.74, 6) is -3.20. The molecule has 2 aromatic rings. The molecule has 2 aliphatic rings. The summed E-state index contributed by atoms with van der Waals surface area (Å²) in [6, 6.07) is 7.91. The van der Waals surface area contributed by atoms with E-state index in [0.29, 0.717) is 12.0 Å². The lowest BCUT2D eigenvalue weighted by atomic mass is 9.72. The number of likely N-dealkylation sites (N-methyl/N-ethyl adjacent to an activating group) is 1. The van der Waals surface area contributed by atoms with E-state index in [4.69, 9.17) is 4.65 Å². The van der Waals surface area contributed by atoms with Gasteiger partial charge in [0.1, 0.15) is 11.8 Å². The van der Waals surface area contributed by atoms with Crippen LogP contribution in [0.2, 0.25) is 0 Å². The highest BCUT2D eigenvalue weighted by Gasteiger charge is 2.40. The summed E-state index contributed by atoms with van der Waals surface area (Å²) in [5, 5.41) is 25.1. The van der Waals surface area contributed by atoms with Gasteiger partial charge < -0.3 is 35.2 Å². The van der Waals surface area contributed by atoms with Crippen molar-refractivity contribution >= 4 is 37.8 Å². The second-order valence-electron chi connectivity index (χ2n) is 9.14. The zero-order valence-electron chi connectivity index (χ0n) is 19.9. The number of para-hydroxylation sites is 1. The van der Waals surface area contributed by atoms with Gasteiger partial charge >= 0.3 is 20.7 Å². The van der Waals surface area contributed by atoms with Gasteiger partial charge in [-0.3, -0.25) is 19.1 Å². The summed E-state index contributed by atoms with van der Waals surface area (Å²) < 4.78 is 17.0. The van der Waals surface area contributed by atoms with Crippen LogP contribution in [-0.2, 0) is 20.6 Å². The van der Waals surface area contributed by atoms with Crippen LogP contribution < -0.4 is 20.6 Å². The number of carbonyl (C=O) groups is 3. The summed E-state index contributed by atoms with van der Waals surface area (Å²) in [6.07, 6.45) is 1.52. The third kappa shape index (κ3) is 5.86. The van der Waals surface area contributed by atoms with Crippen LogP contribution in [0.4, 0.5) is 0 Å². The molecule has 0 spiro atoms. The van der Waals surface area contributed by atoms with Crippen molar-refractivity contribution in [3.8, 4) is 5.75 Å². The van der Waals surface area contributed by atoms with E-state index >= 15 is 0 Å². The van der Waals surface area contributed by atoms with Gasteiger partial charge in [0.05, 0.1) is 22.9 Å². The van der Waals surface area contributed by atoms with Crippen LogP contribution in [-0.4, -0.2) is 75.3 Å². The van der Waals surface area contributed by atoms with Crippen molar-refractivity contribution < 1.29 is 43.5 Å². The Hall–Kier alpha value is -3.22. The summed E-state index contributed by atoms with van der Waals surface area (Å²) in [6.45, 7) is 0.731. The standard InChI is InChI=1S/C23H27BN3O9P/c1-27-11-3-6-17(27)21(28)26-19(13-7-9-15(10-8-13)37(33,34)35)22(29)25-18-12-14-4-2-5-16(23(30)31)20(14)36-24(18)32/h2,4-5,7-10,17-19,32H,3,6,11-12H2,1H3,(H,25,29)(H,26,28)(H,30,31)(H2,33,34,35)/t17-,18+,19-/m1/s1. The number of benzene rings is 2. The summed E-state index contributed by atoms with van der Waals surface area (Å²) in [4.78, 5) is 58.6. The highest BCUT2D eigenvalue weighted by molar-refractivity contribution is 7.60. The zero-order chi connectivity index (χ0) is 26.9. The number of carboxylic acids is 1. The zero-order valence-corrected chi connectivity index (χ0v) is 20.8. The molecule has 2 aliphatic heterocycles. The third-order valence-electron chi connectivity index (χ3n) is 6.61. The number of hydrogen-bond donors (Lipinski definition) is 6. The molecule has 196 valence electrons. The Kier molecular flexibility index (Phi) is 7.72. The number of carbonyl (C=O) groups excluding carboxylic acids is 2. The van der Waals surface area contributed by atoms with Crippen LogP contribution in [0.1, 0.15) is 40.4 Å². The third-order valence-corrected chi connectivity index (χ3v) is 7.58. The van der Waals surface area contributed by atoms with Crippen LogP contribution in [0.15, 0.2) is 42.5 Å². The number of likely N-dealkylation sites (tertiary alicyclic amines) is 1. The molecule has 0 unspecified atom stereocenters. The van der Waals surface area contributed by atoms with Crippen LogP contribution in [0.25, 0.3) is 0 Å². The molecule has 2 amide bonds. The minimum atomic E-state index is -4.51. The molecule has 0 saturated carbocycles. The molecule has 3 atom stereocenters. The maximum absolute atomic E-state index is 13.4. The van der Waals surface area contributed by atoms with Gasteiger partial charge in [-0.1, -0.05) is 24.3 Å². The van der Waals surface area contributed by atoms with Gasteiger partial charge in [0, 0.05) is 0 Å². The maximum atomic E-state index is 13.4. The number of fused-ring (bicyclic) bond motifs is 1. The first kappa shape index (κ1) is 26.8. The topological polar surface area (TPSA) is 186 Å². The Bertz CT molecular complexity index is 1250. The molecule has 6 N–H and O–H groups in total. The number of nitrogens with one attached hydrogen (secondary N) is 2. The molecule has 2 heterocycles. The van der Waals surface area contributed by atoms with E-state index in [-0.39, 0.29) is 34.5 Å². The van der Waals surface area contributed by atoms with Crippen LogP contribution in [0, 0.1) is 0 Å².